The van der Waals surface area contributed by atoms with Crippen LogP contribution in [0.15, 0.2) is 53.0 Å². The number of H-pyrrole nitrogens is 1. The SMILES string of the molecule is CC(C)(C)OC(=O)NCC1CCC(C(=O)C[C@@H](Cc2cccc(Br)c2)C(=O)Nc2ccc(-c3n[nH]c(Cl)n3)cc2)CC1. The molecule has 9 nitrogen and oxygen atoms in total. The summed E-state index contributed by atoms with van der Waals surface area (Å²) >= 11 is 9.34. The van der Waals surface area contributed by atoms with Gasteiger partial charge in [0.2, 0.25) is 11.2 Å². The fourth-order valence-corrected chi connectivity index (χ4v) is 5.73. The zero-order chi connectivity index (χ0) is 30.3. The van der Waals surface area contributed by atoms with Gasteiger partial charge in [0.05, 0.1) is 0 Å². The highest BCUT2D eigenvalue weighted by atomic mass is 79.9. The number of nitrogens with one attached hydrogen (secondary N) is 3. The summed E-state index contributed by atoms with van der Waals surface area (Å²) in [5.41, 5.74) is 1.82. The zero-order valence-electron chi connectivity index (χ0n) is 24.1. The smallest absolute Gasteiger partial charge is 0.407 e. The van der Waals surface area contributed by atoms with Crippen LogP contribution in [0.3, 0.4) is 0 Å². The molecule has 0 saturated heterocycles. The minimum atomic E-state index is -0.539. The first kappa shape index (κ1) is 31.7. The van der Waals surface area contributed by atoms with Crippen molar-refractivity contribution in [2.45, 2.75) is 64.9 Å². The molecule has 1 saturated carbocycles. The van der Waals surface area contributed by atoms with Crippen molar-refractivity contribution in [1.82, 2.24) is 20.5 Å². The lowest BCUT2D eigenvalue weighted by Gasteiger charge is -2.29. The zero-order valence-corrected chi connectivity index (χ0v) is 26.4. The van der Waals surface area contributed by atoms with Crippen molar-refractivity contribution in [3.05, 3.63) is 63.9 Å². The molecule has 3 N–H and O–H groups in total. The molecule has 11 heteroatoms. The Balaban J connectivity index is 1.35. The van der Waals surface area contributed by atoms with Crippen LogP contribution in [-0.2, 0) is 20.7 Å². The molecule has 1 fully saturated rings. The Hall–Kier alpha value is -3.24. The Morgan fingerprint density at radius 2 is 1.81 bits per heavy atom. The minimum absolute atomic E-state index is 0.0898. The van der Waals surface area contributed by atoms with E-state index in [1.807, 2.05) is 45.0 Å². The van der Waals surface area contributed by atoms with Crippen LogP contribution >= 0.6 is 27.5 Å². The van der Waals surface area contributed by atoms with E-state index in [-0.39, 0.29) is 29.3 Å². The Kier molecular flexibility index (Phi) is 10.8. The highest BCUT2D eigenvalue weighted by molar-refractivity contribution is 9.10. The number of anilines is 1. The van der Waals surface area contributed by atoms with Gasteiger partial charge in [0, 0.05) is 40.5 Å². The van der Waals surface area contributed by atoms with Crippen LogP contribution in [-0.4, -0.2) is 45.1 Å². The third-order valence-corrected chi connectivity index (χ3v) is 7.96. The maximum atomic E-state index is 13.5. The normalized spacial score (nSPS) is 17.7. The van der Waals surface area contributed by atoms with Gasteiger partial charge in [-0.15, -0.1) is 0 Å². The standard InChI is InChI=1S/C31H37BrClN5O4/c1-31(2,3)42-30(41)34-18-19-7-9-21(10-8-19)26(39)17-23(15-20-5-4-6-24(32)16-20)28(40)35-25-13-11-22(12-14-25)27-36-29(33)38-37-27/h4-6,11-14,16,19,21,23H,7-10,15,17-18H2,1-3H3,(H,34,41)(H,35,40)(H,36,37,38)/t19?,21?,23-/m1/s1. The molecule has 2 aromatic carbocycles. The molecule has 1 aliphatic rings. The van der Waals surface area contributed by atoms with Crippen LogP contribution in [0.25, 0.3) is 11.4 Å². The number of hydrogen-bond acceptors (Lipinski definition) is 6. The molecule has 42 heavy (non-hydrogen) atoms. The molecule has 1 atom stereocenters. The molecule has 3 aromatic rings. The third kappa shape index (κ3) is 9.66. The van der Waals surface area contributed by atoms with Gasteiger partial charge in [0.15, 0.2) is 5.82 Å². The van der Waals surface area contributed by atoms with Crippen LogP contribution < -0.4 is 10.6 Å². The lowest BCUT2D eigenvalue weighted by atomic mass is 9.77. The minimum Gasteiger partial charge on any atom is -0.444 e. The van der Waals surface area contributed by atoms with Gasteiger partial charge < -0.3 is 15.4 Å². The average molecular weight is 659 g/mol. The topological polar surface area (TPSA) is 126 Å². The highest BCUT2D eigenvalue weighted by Crippen LogP contribution is 2.31. The van der Waals surface area contributed by atoms with E-state index < -0.39 is 17.6 Å². The van der Waals surface area contributed by atoms with Crippen LogP contribution in [0.1, 0.15) is 58.4 Å². The van der Waals surface area contributed by atoms with Gasteiger partial charge >= 0.3 is 6.09 Å². The number of ketones is 1. The van der Waals surface area contributed by atoms with E-state index in [9.17, 15) is 14.4 Å². The van der Waals surface area contributed by atoms with Gasteiger partial charge in [0.1, 0.15) is 11.4 Å². The first-order valence-corrected chi connectivity index (χ1v) is 15.4. The number of Topliss-reactive ketones (excluding diaryl/α,β-unsaturated/α-hetero) is 1. The van der Waals surface area contributed by atoms with E-state index in [1.165, 1.54) is 0 Å². The van der Waals surface area contributed by atoms with Crippen molar-refractivity contribution in [2.75, 3.05) is 11.9 Å². The molecule has 224 valence electrons. The molecule has 1 aliphatic carbocycles. The summed E-state index contributed by atoms with van der Waals surface area (Å²) in [6.07, 6.45) is 3.37. The number of aromatic amines is 1. The van der Waals surface area contributed by atoms with Gasteiger partial charge in [-0.25, -0.2) is 9.89 Å². The van der Waals surface area contributed by atoms with Crippen molar-refractivity contribution < 1.29 is 19.1 Å². The number of rotatable bonds is 10. The van der Waals surface area contributed by atoms with E-state index in [2.05, 4.69) is 41.7 Å². The summed E-state index contributed by atoms with van der Waals surface area (Å²) in [6.45, 7) is 6.03. The second-order valence-electron chi connectivity index (χ2n) is 11.8. The number of nitrogens with zero attached hydrogens (tertiary/aromatic N) is 2. The Labute approximate surface area is 259 Å². The summed E-state index contributed by atoms with van der Waals surface area (Å²) in [5, 5.41) is 12.7. The molecule has 0 bridgehead atoms. The second kappa shape index (κ2) is 14.3. The monoisotopic (exact) mass is 657 g/mol. The van der Waals surface area contributed by atoms with Crippen molar-refractivity contribution >= 4 is 51.0 Å². The fraction of sp³-hybridized carbons (Fsp3) is 0.452. The Morgan fingerprint density at radius 3 is 2.43 bits per heavy atom. The summed E-state index contributed by atoms with van der Waals surface area (Å²) in [5.74, 6) is 0.0648. The lowest BCUT2D eigenvalue weighted by molar-refractivity contribution is -0.129. The molecule has 0 aliphatic heterocycles. The molecule has 2 amide bonds. The van der Waals surface area contributed by atoms with Gasteiger partial charge in [-0.05, 0) is 112 Å². The van der Waals surface area contributed by atoms with E-state index in [4.69, 9.17) is 16.3 Å². The summed E-state index contributed by atoms with van der Waals surface area (Å²) in [6, 6.07) is 15.0. The van der Waals surface area contributed by atoms with Gasteiger partial charge in [-0.3, -0.25) is 9.59 Å². The number of carbonyl (C=O) groups excluding carboxylic acids is 3. The van der Waals surface area contributed by atoms with Gasteiger partial charge in [-0.2, -0.15) is 10.1 Å². The van der Waals surface area contributed by atoms with Gasteiger partial charge in [0.25, 0.3) is 0 Å². The number of aromatic nitrogens is 3. The quantitative estimate of drug-likeness (QED) is 0.216. The average Bonchev–Trinajstić information content (AvgIpc) is 3.37. The van der Waals surface area contributed by atoms with Crippen LogP contribution in [0, 0.1) is 17.8 Å². The Morgan fingerprint density at radius 1 is 1.10 bits per heavy atom. The summed E-state index contributed by atoms with van der Waals surface area (Å²) in [7, 11) is 0. The summed E-state index contributed by atoms with van der Waals surface area (Å²) in [4.78, 5) is 43.1. The highest BCUT2D eigenvalue weighted by Gasteiger charge is 2.31. The molecular formula is C31H37BrClN5O4. The first-order chi connectivity index (χ1) is 19.9. The largest absolute Gasteiger partial charge is 0.444 e. The van der Waals surface area contributed by atoms with E-state index >= 15 is 0 Å². The second-order valence-corrected chi connectivity index (χ2v) is 13.1. The van der Waals surface area contributed by atoms with Crippen LogP contribution in [0.5, 0.6) is 0 Å². The van der Waals surface area contributed by atoms with Crippen LogP contribution in [0.4, 0.5) is 10.5 Å². The number of carbonyl (C=O) groups is 3. The lowest BCUT2D eigenvalue weighted by Crippen LogP contribution is -2.37. The Bertz CT molecular complexity index is 1380. The van der Waals surface area contributed by atoms with E-state index in [0.717, 1.165) is 41.3 Å². The van der Waals surface area contributed by atoms with Crippen molar-refractivity contribution in [1.29, 1.82) is 0 Å². The molecule has 0 spiro atoms. The van der Waals surface area contributed by atoms with Crippen molar-refractivity contribution in [3.8, 4) is 11.4 Å². The third-order valence-electron chi connectivity index (χ3n) is 7.29. The molecule has 4 rings (SSSR count). The number of ether oxygens (including phenoxy) is 1. The van der Waals surface area contributed by atoms with E-state index in [0.29, 0.717) is 30.4 Å². The van der Waals surface area contributed by atoms with Gasteiger partial charge in [-0.1, -0.05) is 28.1 Å². The van der Waals surface area contributed by atoms with Crippen molar-refractivity contribution in [3.63, 3.8) is 0 Å². The predicted molar refractivity (Wildman–Crippen MR) is 166 cm³/mol. The maximum absolute atomic E-state index is 13.5. The molecule has 1 aromatic heterocycles. The first-order valence-electron chi connectivity index (χ1n) is 14.2. The fourth-order valence-electron chi connectivity index (χ4n) is 5.16. The molecule has 0 radical (unpaired) electrons. The number of alkyl carbamates (subject to hydrolysis) is 1. The van der Waals surface area contributed by atoms with E-state index in [1.54, 1.807) is 24.3 Å². The maximum Gasteiger partial charge on any atom is 0.407 e. The summed E-state index contributed by atoms with van der Waals surface area (Å²) < 4.78 is 6.25. The van der Waals surface area contributed by atoms with Crippen molar-refractivity contribution in [2.24, 2.45) is 17.8 Å². The molecule has 0 unspecified atom stereocenters. The predicted octanol–water partition coefficient (Wildman–Crippen LogP) is 6.98. The number of amides is 2. The number of halogens is 2. The number of benzene rings is 2. The van der Waals surface area contributed by atoms with Crippen LogP contribution in [0.2, 0.25) is 5.28 Å². The molecular weight excluding hydrogens is 622 g/mol. The number of hydrogen-bond donors (Lipinski definition) is 3. The molecule has 1 heterocycles.